The Bertz CT molecular complexity index is 740. The number of benzene rings is 2. The fraction of sp³-hybridized carbons (Fsp3) is 0.300. The van der Waals surface area contributed by atoms with Gasteiger partial charge in [0, 0.05) is 12.0 Å². The molecule has 2 aromatic rings. The van der Waals surface area contributed by atoms with E-state index in [1.165, 1.54) is 5.56 Å². The molecule has 4 heteroatoms. The van der Waals surface area contributed by atoms with Crippen LogP contribution in [-0.4, -0.2) is 17.0 Å². The van der Waals surface area contributed by atoms with Crippen LogP contribution in [0, 0.1) is 0 Å². The predicted octanol–water partition coefficient (Wildman–Crippen LogP) is 3.51. The number of nitrogens with one attached hydrogen (secondary N) is 1. The number of carboxylic acid groups (broad SMARTS) is 1. The largest absolute Gasteiger partial charge is 0.481 e. The number of aliphatic carboxylic acids is 1. The molecule has 124 valence electrons. The lowest BCUT2D eigenvalue weighted by atomic mass is 9.99. The predicted molar refractivity (Wildman–Crippen MR) is 92.0 cm³/mol. The molecule has 3 rings (SSSR count). The molecule has 1 unspecified atom stereocenters. The van der Waals surface area contributed by atoms with E-state index in [0.29, 0.717) is 6.42 Å². The van der Waals surface area contributed by atoms with Gasteiger partial charge in [0.15, 0.2) is 0 Å². The van der Waals surface area contributed by atoms with Crippen LogP contribution in [-0.2, 0) is 17.6 Å². The second-order valence-electron chi connectivity index (χ2n) is 6.17. The van der Waals surface area contributed by atoms with Crippen molar-refractivity contribution in [1.29, 1.82) is 0 Å². The second-order valence-corrected chi connectivity index (χ2v) is 6.17. The Labute approximate surface area is 141 Å². The number of rotatable bonds is 6. The van der Waals surface area contributed by atoms with E-state index in [1.54, 1.807) is 0 Å². The summed E-state index contributed by atoms with van der Waals surface area (Å²) in [7, 11) is 0. The molecule has 24 heavy (non-hydrogen) atoms. The summed E-state index contributed by atoms with van der Waals surface area (Å²) in [5.41, 5.74) is 4.05. The zero-order chi connectivity index (χ0) is 16.9. The average Bonchev–Trinajstić information content (AvgIpc) is 3.07. The number of amides is 1. The fourth-order valence-corrected chi connectivity index (χ4v) is 3.34. The minimum atomic E-state index is -0.856. The van der Waals surface area contributed by atoms with Crippen LogP contribution in [0.25, 0.3) is 0 Å². The van der Waals surface area contributed by atoms with Gasteiger partial charge in [-0.1, -0.05) is 42.5 Å². The van der Waals surface area contributed by atoms with Crippen molar-refractivity contribution >= 4 is 11.9 Å². The minimum Gasteiger partial charge on any atom is -0.481 e. The highest BCUT2D eigenvalue weighted by Gasteiger charge is 2.22. The summed E-state index contributed by atoms with van der Waals surface area (Å²) < 4.78 is 0. The first-order valence-corrected chi connectivity index (χ1v) is 8.33. The van der Waals surface area contributed by atoms with Gasteiger partial charge in [-0.15, -0.1) is 0 Å². The van der Waals surface area contributed by atoms with Crippen molar-refractivity contribution in [2.45, 2.75) is 38.1 Å². The van der Waals surface area contributed by atoms with E-state index in [2.05, 4.69) is 11.4 Å². The number of carbonyl (C=O) groups is 2. The number of aryl methyl sites for hydroxylation is 1. The van der Waals surface area contributed by atoms with Crippen molar-refractivity contribution in [2.75, 3.05) is 0 Å². The number of hydrogen-bond acceptors (Lipinski definition) is 2. The number of carbonyl (C=O) groups excluding carboxylic acids is 1. The molecule has 0 aliphatic heterocycles. The monoisotopic (exact) mass is 323 g/mol. The summed E-state index contributed by atoms with van der Waals surface area (Å²) in [6, 6.07) is 15.1. The molecule has 0 heterocycles. The van der Waals surface area contributed by atoms with Crippen molar-refractivity contribution in [3.8, 4) is 0 Å². The highest BCUT2D eigenvalue weighted by Crippen LogP contribution is 2.26. The van der Waals surface area contributed by atoms with Crippen LogP contribution < -0.4 is 5.32 Å². The molecule has 1 atom stereocenters. The maximum Gasteiger partial charge on any atom is 0.303 e. The van der Waals surface area contributed by atoms with Gasteiger partial charge in [0.2, 0.25) is 0 Å². The van der Waals surface area contributed by atoms with E-state index in [4.69, 9.17) is 5.11 Å². The Kier molecular flexibility index (Phi) is 4.94. The third kappa shape index (κ3) is 3.65. The molecule has 0 saturated carbocycles. The molecule has 0 bridgehead atoms. The zero-order valence-corrected chi connectivity index (χ0v) is 13.5. The van der Waals surface area contributed by atoms with E-state index in [9.17, 15) is 9.59 Å². The quantitative estimate of drug-likeness (QED) is 0.855. The molecule has 0 spiro atoms. The fourth-order valence-electron chi connectivity index (χ4n) is 3.34. The first kappa shape index (κ1) is 16.2. The highest BCUT2D eigenvalue weighted by atomic mass is 16.4. The molecular formula is C20H21NO3. The zero-order valence-electron chi connectivity index (χ0n) is 13.5. The van der Waals surface area contributed by atoms with Gasteiger partial charge in [0.1, 0.15) is 0 Å². The van der Waals surface area contributed by atoms with Gasteiger partial charge in [-0.05, 0) is 48.4 Å². The van der Waals surface area contributed by atoms with Gasteiger partial charge in [0.25, 0.3) is 5.91 Å². The average molecular weight is 323 g/mol. The minimum absolute atomic E-state index is 0.0206. The third-order valence-electron chi connectivity index (χ3n) is 4.54. The normalized spacial score (nSPS) is 14.0. The summed E-state index contributed by atoms with van der Waals surface area (Å²) in [6.07, 6.45) is 3.44. The van der Waals surface area contributed by atoms with Crippen LogP contribution in [0.5, 0.6) is 0 Å². The Morgan fingerprint density at radius 2 is 1.83 bits per heavy atom. The number of carboxylic acids is 1. The first-order chi connectivity index (χ1) is 11.6. The molecule has 2 N–H and O–H groups in total. The van der Waals surface area contributed by atoms with Gasteiger partial charge in [-0.3, -0.25) is 9.59 Å². The Balaban J connectivity index is 1.81. The molecular weight excluding hydrogens is 302 g/mol. The second kappa shape index (κ2) is 7.30. The van der Waals surface area contributed by atoms with Crippen molar-refractivity contribution in [2.24, 2.45) is 0 Å². The lowest BCUT2D eigenvalue weighted by Crippen LogP contribution is -2.29. The maximum absolute atomic E-state index is 12.8. The molecule has 2 aromatic carbocycles. The molecule has 1 amide bonds. The van der Waals surface area contributed by atoms with Crippen LogP contribution in [0.4, 0.5) is 0 Å². The maximum atomic E-state index is 12.8. The van der Waals surface area contributed by atoms with Crippen molar-refractivity contribution < 1.29 is 14.7 Å². The highest BCUT2D eigenvalue weighted by molar-refractivity contribution is 5.96. The topological polar surface area (TPSA) is 66.4 Å². The Hall–Kier alpha value is -2.62. The summed E-state index contributed by atoms with van der Waals surface area (Å²) in [5.74, 6) is -0.973. The van der Waals surface area contributed by atoms with Crippen molar-refractivity contribution in [3.63, 3.8) is 0 Å². The summed E-state index contributed by atoms with van der Waals surface area (Å²) >= 11 is 0. The van der Waals surface area contributed by atoms with Gasteiger partial charge in [-0.2, -0.15) is 0 Å². The van der Waals surface area contributed by atoms with Crippen LogP contribution in [0.1, 0.15) is 52.4 Å². The van der Waals surface area contributed by atoms with E-state index in [0.717, 1.165) is 36.0 Å². The summed E-state index contributed by atoms with van der Waals surface area (Å²) in [6.45, 7) is 0. The lowest BCUT2D eigenvalue weighted by Gasteiger charge is -2.19. The molecule has 4 nitrogen and oxygen atoms in total. The van der Waals surface area contributed by atoms with Crippen molar-refractivity contribution in [1.82, 2.24) is 5.32 Å². The smallest absolute Gasteiger partial charge is 0.303 e. The van der Waals surface area contributed by atoms with E-state index < -0.39 is 5.97 Å². The summed E-state index contributed by atoms with van der Waals surface area (Å²) in [5, 5.41) is 12.0. The lowest BCUT2D eigenvalue weighted by molar-refractivity contribution is -0.137. The summed E-state index contributed by atoms with van der Waals surface area (Å²) in [4.78, 5) is 23.7. The third-order valence-corrected chi connectivity index (χ3v) is 4.54. The molecule has 0 radical (unpaired) electrons. The first-order valence-electron chi connectivity index (χ1n) is 8.33. The van der Waals surface area contributed by atoms with E-state index >= 15 is 0 Å². The van der Waals surface area contributed by atoms with Gasteiger partial charge in [0.05, 0.1) is 6.04 Å². The van der Waals surface area contributed by atoms with Crippen LogP contribution >= 0.6 is 0 Å². The van der Waals surface area contributed by atoms with Crippen LogP contribution in [0.3, 0.4) is 0 Å². The van der Waals surface area contributed by atoms with E-state index in [1.807, 2.05) is 42.5 Å². The van der Waals surface area contributed by atoms with Crippen molar-refractivity contribution in [3.05, 3.63) is 70.8 Å². The molecule has 0 aromatic heterocycles. The molecule has 1 aliphatic carbocycles. The van der Waals surface area contributed by atoms with Gasteiger partial charge in [-0.25, -0.2) is 0 Å². The van der Waals surface area contributed by atoms with Crippen LogP contribution in [0.15, 0.2) is 48.5 Å². The Morgan fingerprint density at radius 3 is 2.58 bits per heavy atom. The standard InChI is InChI=1S/C20H21NO3/c22-19(23)13-12-18(15-6-2-1-3-7-15)21-20(24)17-11-5-9-14-8-4-10-16(14)17/h1-3,5-7,9,11,18H,4,8,10,12-13H2,(H,21,24)(H,22,23). The van der Waals surface area contributed by atoms with Crippen LogP contribution in [0.2, 0.25) is 0 Å². The number of fused-ring (bicyclic) bond motifs is 1. The Morgan fingerprint density at radius 1 is 1.04 bits per heavy atom. The van der Waals surface area contributed by atoms with Gasteiger partial charge >= 0.3 is 5.97 Å². The molecule has 1 aliphatic rings. The van der Waals surface area contributed by atoms with Gasteiger partial charge < -0.3 is 10.4 Å². The SMILES string of the molecule is O=C(O)CCC(NC(=O)c1cccc2c1CCC2)c1ccccc1. The number of hydrogen-bond donors (Lipinski definition) is 2. The molecule has 0 saturated heterocycles. The molecule has 0 fully saturated rings. The van der Waals surface area contributed by atoms with E-state index in [-0.39, 0.29) is 18.4 Å².